The molecule has 0 radical (unpaired) electrons. The van der Waals surface area contributed by atoms with E-state index in [1.165, 1.54) is 35.7 Å². The number of nitrogens with one attached hydrogen (secondary N) is 2. The standard InChI is InChI=1S/C31H51N5O6/c1-19(2)16-24(34(8)28(38)21(5)32-7)27(37)33-22(6)29(39)35(9)25(17-20(3)4)30(40)36(10)26(31(41)42)18-23-14-12-11-13-15-23/h11-15,19-22,24-26,32H,16-18H2,1-10H3,(H,33,37)(H,41,42)/t21-,22-,24-,25-,26-/m0/s1. The molecule has 0 fully saturated rings. The molecule has 0 heterocycles. The van der Waals surface area contributed by atoms with Crippen LogP contribution >= 0.6 is 0 Å². The van der Waals surface area contributed by atoms with Crippen LogP contribution in [0, 0.1) is 11.8 Å². The molecule has 42 heavy (non-hydrogen) atoms. The summed E-state index contributed by atoms with van der Waals surface area (Å²) in [6.07, 6.45) is 0.823. The molecule has 0 unspecified atom stereocenters. The second kappa shape index (κ2) is 16.8. The van der Waals surface area contributed by atoms with Crippen molar-refractivity contribution in [2.24, 2.45) is 11.8 Å². The summed E-state index contributed by atoms with van der Waals surface area (Å²) in [5, 5.41) is 15.6. The minimum absolute atomic E-state index is 0.0224. The number of carboxylic acids is 1. The molecule has 1 aromatic carbocycles. The van der Waals surface area contributed by atoms with Gasteiger partial charge in [0, 0.05) is 27.6 Å². The van der Waals surface area contributed by atoms with E-state index in [-0.39, 0.29) is 24.2 Å². The fourth-order valence-corrected chi connectivity index (χ4v) is 4.79. The van der Waals surface area contributed by atoms with Gasteiger partial charge in [0.2, 0.25) is 23.6 Å². The van der Waals surface area contributed by atoms with E-state index < -0.39 is 53.9 Å². The van der Waals surface area contributed by atoms with E-state index >= 15 is 0 Å². The van der Waals surface area contributed by atoms with Gasteiger partial charge >= 0.3 is 5.97 Å². The van der Waals surface area contributed by atoms with E-state index in [0.29, 0.717) is 12.8 Å². The van der Waals surface area contributed by atoms with Crippen LogP contribution in [0.3, 0.4) is 0 Å². The highest BCUT2D eigenvalue weighted by molar-refractivity contribution is 5.95. The summed E-state index contributed by atoms with van der Waals surface area (Å²) >= 11 is 0. The Morgan fingerprint density at radius 3 is 1.62 bits per heavy atom. The maximum absolute atomic E-state index is 13.7. The van der Waals surface area contributed by atoms with Crippen molar-refractivity contribution in [3.8, 4) is 0 Å². The Kier molecular flexibility index (Phi) is 14.7. The van der Waals surface area contributed by atoms with Crippen LogP contribution in [0.5, 0.6) is 0 Å². The molecule has 1 rings (SSSR count). The summed E-state index contributed by atoms with van der Waals surface area (Å²) in [6.45, 7) is 11.0. The Morgan fingerprint density at radius 2 is 1.14 bits per heavy atom. The quantitative estimate of drug-likeness (QED) is 0.268. The van der Waals surface area contributed by atoms with Gasteiger partial charge in [0.25, 0.3) is 0 Å². The van der Waals surface area contributed by atoms with E-state index in [4.69, 9.17) is 0 Å². The molecule has 0 aliphatic rings. The average Bonchev–Trinajstić information content (AvgIpc) is 2.94. The SMILES string of the molecule is CN[C@@H](C)C(=O)N(C)[C@@H](CC(C)C)C(=O)N[C@@H](C)C(=O)N(C)[C@@H](CC(C)C)C(=O)N(C)[C@@H](Cc1ccccc1)C(=O)O. The van der Waals surface area contributed by atoms with Gasteiger partial charge in [0.15, 0.2) is 0 Å². The molecule has 1 aromatic rings. The highest BCUT2D eigenvalue weighted by Gasteiger charge is 2.37. The largest absolute Gasteiger partial charge is 0.480 e. The molecule has 0 spiro atoms. The van der Waals surface area contributed by atoms with Crippen molar-refractivity contribution in [3.63, 3.8) is 0 Å². The van der Waals surface area contributed by atoms with Crippen LogP contribution in [-0.4, -0.2) is 108 Å². The lowest BCUT2D eigenvalue weighted by atomic mass is 9.98. The molecule has 4 amide bonds. The summed E-state index contributed by atoms with van der Waals surface area (Å²) in [7, 11) is 6.17. The molecule has 236 valence electrons. The number of nitrogens with zero attached hydrogens (tertiary/aromatic N) is 3. The van der Waals surface area contributed by atoms with Crippen molar-refractivity contribution in [3.05, 3.63) is 35.9 Å². The minimum Gasteiger partial charge on any atom is -0.480 e. The zero-order valence-corrected chi connectivity index (χ0v) is 26.9. The van der Waals surface area contributed by atoms with Gasteiger partial charge in [-0.15, -0.1) is 0 Å². The molecule has 0 aliphatic carbocycles. The summed E-state index contributed by atoms with van der Waals surface area (Å²) in [5.41, 5.74) is 0.772. The van der Waals surface area contributed by atoms with E-state index in [1.807, 2.05) is 33.8 Å². The summed E-state index contributed by atoms with van der Waals surface area (Å²) in [6, 6.07) is 4.72. The Morgan fingerprint density at radius 1 is 0.690 bits per heavy atom. The van der Waals surface area contributed by atoms with Crippen molar-refractivity contribution in [1.82, 2.24) is 25.3 Å². The number of carbonyl (C=O) groups is 5. The average molecular weight is 590 g/mol. The van der Waals surface area contributed by atoms with Gasteiger partial charge < -0.3 is 30.4 Å². The Balaban J connectivity index is 3.17. The van der Waals surface area contributed by atoms with Crippen molar-refractivity contribution in [2.45, 2.75) is 91.0 Å². The van der Waals surface area contributed by atoms with Crippen LogP contribution in [0.1, 0.15) is 59.9 Å². The monoisotopic (exact) mass is 589 g/mol. The van der Waals surface area contributed by atoms with Gasteiger partial charge in [-0.3, -0.25) is 19.2 Å². The number of hydrogen-bond donors (Lipinski definition) is 3. The van der Waals surface area contributed by atoms with Crippen LogP contribution < -0.4 is 10.6 Å². The molecule has 0 aliphatic heterocycles. The molecule has 0 aromatic heterocycles. The number of carboxylic acid groups (broad SMARTS) is 1. The highest BCUT2D eigenvalue weighted by atomic mass is 16.4. The van der Waals surface area contributed by atoms with Crippen LogP contribution in [0.25, 0.3) is 0 Å². The first-order chi connectivity index (χ1) is 19.5. The Hall–Kier alpha value is -3.47. The van der Waals surface area contributed by atoms with Gasteiger partial charge in [0.1, 0.15) is 24.2 Å². The predicted molar refractivity (Wildman–Crippen MR) is 162 cm³/mol. The lowest BCUT2D eigenvalue weighted by Gasteiger charge is -2.36. The van der Waals surface area contributed by atoms with Crippen molar-refractivity contribution >= 4 is 29.6 Å². The van der Waals surface area contributed by atoms with Gasteiger partial charge in [0.05, 0.1) is 6.04 Å². The third-order valence-corrected chi connectivity index (χ3v) is 7.51. The second-order valence-corrected chi connectivity index (χ2v) is 11.9. The minimum atomic E-state index is -1.14. The zero-order chi connectivity index (χ0) is 32.3. The van der Waals surface area contributed by atoms with Crippen LogP contribution in [0.2, 0.25) is 0 Å². The lowest BCUT2D eigenvalue weighted by Crippen LogP contribution is -2.58. The summed E-state index contributed by atoms with van der Waals surface area (Å²) in [4.78, 5) is 69.5. The van der Waals surface area contributed by atoms with Gasteiger partial charge in [-0.05, 0) is 51.1 Å². The fourth-order valence-electron chi connectivity index (χ4n) is 4.79. The Bertz CT molecular complexity index is 1060. The molecule has 0 saturated carbocycles. The maximum atomic E-state index is 13.7. The lowest BCUT2D eigenvalue weighted by molar-refractivity contribution is -0.153. The number of benzene rings is 1. The Labute approximate surface area is 251 Å². The number of aliphatic carboxylic acids is 1. The number of amides is 4. The molecular weight excluding hydrogens is 538 g/mol. The van der Waals surface area contributed by atoms with Gasteiger partial charge in [-0.2, -0.15) is 0 Å². The second-order valence-electron chi connectivity index (χ2n) is 11.9. The molecule has 5 atom stereocenters. The normalized spacial score (nSPS) is 14.9. The van der Waals surface area contributed by atoms with Crippen molar-refractivity contribution in [1.29, 1.82) is 0 Å². The first kappa shape index (κ1) is 36.6. The third kappa shape index (κ3) is 10.4. The molecule has 11 nitrogen and oxygen atoms in total. The predicted octanol–water partition coefficient (Wildman–Crippen LogP) is 2.00. The number of hydrogen-bond acceptors (Lipinski definition) is 6. The fraction of sp³-hybridized carbons (Fsp3) is 0.645. The molecular formula is C31H51N5O6. The van der Waals surface area contributed by atoms with Crippen LogP contribution in [0.15, 0.2) is 30.3 Å². The van der Waals surface area contributed by atoms with Crippen molar-refractivity contribution in [2.75, 3.05) is 28.2 Å². The maximum Gasteiger partial charge on any atom is 0.326 e. The molecule has 0 saturated heterocycles. The van der Waals surface area contributed by atoms with Gasteiger partial charge in [-0.25, -0.2) is 4.79 Å². The van der Waals surface area contributed by atoms with Crippen molar-refractivity contribution < 1.29 is 29.1 Å². The summed E-state index contributed by atoms with van der Waals surface area (Å²) < 4.78 is 0. The molecule has 0 bridgehead atoms. The molecule has 11 heteroatoms. The van der Waals surface area contributed by atoms with Gasteiger partial charge in [-0.1, -0.05) is 58.0 Å². The highest BCUT2D eigenvalue weighted by Crippen LogP contribution is 2.18. The number of likely N-dealkylation sites (N-methyl/N-ethyl adjacent to an activating group) is 4. The van der Waals surface area contributed by atoms with E-state index in [1.54, 1.807) is 45.3 Å². The molecule has 3 N–H and O–H groups in total. The topological polar surface area (TPSA) is 139 Å². The zero-order valence-electron chi connectivity index (χ0n) is 26.9. The third-order valence-electron chi connectivity index (χ3n) is 7.51. The smallest absolute Gasteiger partial charge is 0.326 e. The summed E-state index contributed by atoms with van der Waals surface area (Å²) in [5.74, 6) is -2.71. The van der Waals surface area contributed by atoms with E-state index in [0.717, 1.165) is 5.56 Å². The van der Waals surface area contributed by atoms with Crippen LogP contribution in [0.4, 0.5) is 0 Å². The van der Waals surface area contributed by atoms with E-state index in [9.17, 15) is 29.1 Å². The number of carbonyl (C=O) groups excluding carboxylic acids is 4. The first-order valence-corrected chi connectivity index (χ1v) is 14.6. The van der Waals surface area contributed by atoms with E-state index in [2.05, 4.69) is 10.6 Å². The van der Waals surface area contributed by atoms with Crippen LogP contribution in [-0.2, 0) is 30.4 Å². The first-order valence-electron chi connectivity index (χ1n) is 14.6. The number of rotatable bonds is 16.